The Morgan fingerprint density at radius 3 is 1.91 bits per heavy atom. The molecule has 1 aromatic rings. The van der Waals surface area contributed by atoms with Crippen LogP contribution in [0.15, 0.2) is 12.1 Å². The van der Waals surface area contributed by atoms with Gasteiger partial charge in [-0.3, -0.25) is 0 Å². The van der Waals surface area contributed by atoms with Gasteiger partial charge in [-0.15, -0.1) is 0 Å². The van der Waals surface area contributed by atoms with Gasteiger partial charge in [0.25, 0.3) is 0 Å². The van der Waals surface area contributed by atoms with Crippen LogP contribution in [0, 0.1) is 20.8 Å². The summed E-state index contributed by atoms with van der Waals surface area (Å²) in [5.74, 6) is 0. The fourth-order valence-electron chi connectivity index (χ4n) is 1.77. The molecule has 1 aromatic carbocycles. The van der Waals surface area contributed by atoms with Gasteiger partial charge in [0, 0.05) is 0 Å². The molecule has 0 fully saturated rings. The molecule has 0 N–H and O–H groups in total. The van der Waals surface area contributed by atoms with Gasteiger partial charge >= 0.3 is 78.0 Å². The Bertz CT molecular complexity index is 241. The first-order valence-corrected chi connectivity index (χ1v) is 4.22. The molecule has 0 aliphatic rings. The summed E-state index contributed by atoms with van der Waals surface area (Å²) in [6.07, 6.45) is 0. The van der Waals surface area contributed by atoms with Crippen molar-refractivity contribution >= 4 is 17.7 Å². The van der Waals surface area contributed by atoms with Crippen LogP contribution in [0.1, 0.15) is 22.3 Å². The number of aryl methyl sites for hydroxylation is 3. The topological polar surface area (TPSA) is 0 Å². The number of hydrogen-bond acceptors (Lipinski definition) is 0. The Morgan fingerprint density at radius 2 is 1.55 bits per heavy atom. The van der Waals surface area contributed by atoms with Gasteiger partial charge in [-0.2, -0.15) is 0 Å². The van der Waals surface area contributed by atoms with E-state index in [9.17, 15) is 0 Å². The first kappa shape index (κ1) is 8.91. The molecule has 0 saturated carbocycles. The fraction of sp³-hybridized carbons (Fsp3) is 0.400. The van der Waals surface area contributed by atoms with E-state index in [0.29, 0.717) is 0 Å². The molecule has 0 aromatic heterocycles. The second kappa shape index (κ2) is 3.48. The molecular weight excluding hydrogens is 127 g/mol. The minimum atomic E-state index is 1.15. The Hall–Kier alpha value is -0.183. The number of rotatable bonds is 1. The van der Waals surface area contributed by atoms with Gasteiger partial charge in [-0.05, 0) is 0 Å². The van der Waals surface area contributed by atoms with Crippen LogP contribution in [0.4, 0.5) is 0 Å². The van der Waals surface area contributed by atoms with Gasteiger partial charge in [-0.1, -0.05) is 0 Å². The van der Waals surface area contributed by atoms with Crippen molar-refractivity contribution in [2.45, 2.75) is 25.9 Å². The van der Waals surface area contributed by atoms with Crippen molar-refractivity contribution in [3.8, 4) is 0 Å². The summed E-state index contributed by atoms with van der Waals surface area (Å²) in [5.41, 5.74) is 5.75. The number of hydrogen-bond donors (Lipinski definition) is 0. The van der Waals surface area contributed by atoms with Gasteiger partial charge in [0.05, 0.1) is 0 Å². The standard InChI is InChI=1S/C10H13.Li/c1-7-5-8(2)10(4)9(3)6-7;/h5-6H,4H2,1-3H3;. The molecule has 0 heterocycles. The second-order valence-electron chi connectivity index (χ2n) is 3.23. The molecule has 0 radical (unpaired) electrons. The maximum atomic E-state index is 2.26. The van der Waals surface area contributed by atoms with Crippen LogP contribution in [0.5, 0.6) is 0 Å². The van der Waals surface area contributed by atoms with Crippen LogP contribution in [-0.4, -0.2) is 17.7 Å². The van der Waals surface area contributed by atoms with E-state index in [4.69, 9.17) is 0 Å². The van der Waals surface area contributed by atoms with Crippen molar-refractivity contribution in [3.05, 3.63) is 34.4 Å². The molecule has 11 heavy (non-hydrogen) atoms. The van der Waals surface area contributed by atoms with Crippen molar-refractivity contribution in [3.63, 3.8) is 0 Å². The minimum absolute atomic E-state index is 1.15. The molecule has 0 nitrogen and oxygen atoms in total. The van der Waals surface area contributed by atoms with Gasteiger partial charge in [-0.25, -0.2) is 0 Å². The van der Waals surface area contributed by atoms with Crippen molar-refractivity contribution in [2.24, 2.45) is 0 Å². The molecule has 0 aliphatic carbocycles. The average molecular weight is 140 g/mol. The van der Waals surface area contributed by atoms with Crippen LogP contribution in [-0.2, 0) is 5.09 Å². The van der Waals surface area contributed by atoms with Gasteiger partial charge in [0.1, 0.15) is 0 Å². The Balaban J connectivity index is 3.25. The van der Waals surface area contributed by atoms with E-state index in [2.05, 4.69) is 50.6 Å². The predicted molar refractivity (Wildman–Crippen MR) is 50.1 cm³/mol. The third kappa shape index (κ3) is 1.89. The SMILES string of the molecule is [Li][CH2]c1c(C)cc(C)cc1C. The summed E-state index contributed by atoms with van der Waals surface area (Å²) in [6, 6.07) is 4.51. The van der Waals surface area contributed by atoms with Gasteiger partial charge in [0.15, 0.2) is 0 Å². The Morgan fingerprint density at radius 1 is 1.09 bits per heavy atom. The molecule has 0 unspecified atom stereocenters. The van der Waals surface area contributed by atoms with E-state index < -0.39 is 0 Å². The molecule has 0 amide bonds. The van der Waals surface area contributed by atoms with E-state index in [1.54, 1.807) is 0 Å². The Labute approximate surface area is 78.2 Å². The first-order chi connectivity index (χ1) is 5.15. The van der Waals surface area contributed by atoms with E-state index >= 15 is 0 Å². The molecule has 0 aliphatic heterocycles. The zero-order valence-electron chi connectivity index (χ0n) is 7.86. The van der Waals surface area contributed by atoms with Crippen LogP contribution >= 0.6 is 0 Å². The van der Waals surface area contributed by atoms with Crippen LogP contribution < -0.4 is 0 Å². The van der Waals surface area contributed by atoms with Crippen LogP contribution in [0.3, 0.4) is 0 Å². The molecule has 0 atom stereocenters. The summed E-state index contributed by atoms with van der Waals surface area (Å²) >= 11 is 2.21. The maximum absolute atomic E-state index is 2.26. The van der Waals surface area contributed by atoms with E-state index in [1.165, 1.54) is 22.3 Å². The molecule has 0 saturated heterocycles. The van der Waals surface area contributed by atoms with Crippen LogP contribution in [0.2, 0.25) is 0 Å². The first-order valence-electron chi connectivity index (χ1n) is 4.22. The summed E-state index contributed by atoms with van der Waals surface area (Å²) in [5, 5.41) is 1.15. The molecule has 1 rings (SSSR count). The quantitative estimate of drug-likeness (QED) is 0.525. The van der Waals surface area contributed by atoms with Crippen molar-refractivity contribution in [1.29, 1.82) is 0 Å². The van der Waals surface area contributed by atoms with Gasteiger partial charge < -0.3 is 0 Å². The van der Waals surface area contributed by atoms with Gasteiger partial charge in [0.2, 0.25) is 0 Å². The second-order valence-corrected chi connectivity index (χ2v) is 3.23. The fourth-order valence-corrected chi connectivity index (χ4v) is 1.77. The van der Waals surface area contributed by atoms with Crippen LogP contribution in [0.25, 0.3) is 0 Å². The monoisotopic (exact) mass is 140 g/mol. The molecule has 0 spiro atoms. The molecule has 54 valence electrons. The number of benzene rings is 1. The Kier molecular flexibility index (Phi) is 2.82. The normalized spacial score (nSPS) is 10.3. The van der Waals surface area contributed by atoms with Crippen molar-refractivity contribution in [1.82, 2.24) is 0 Å². The predicted octanol–water partition coefficient (Wildman–Crippen LogP) is 2.28. The zero-order chi connectivity index (χ0) is 8.43. The summed E-state index contributed by atoms with van der Waals surface area (Å²) in [6.45, 7) is 6.54. The van der Waals surface area contributed by atoms with Crippen molar-refractivity contribution < 1.29 is 0 Å². The van der Waals surface area contributed by atoms with E-state index in [-0.39, 0.29) is 0 Å². The van der Waals surface area contributed by atoms with E-state index in [0.717, 1.165) is 5.09 Å². The average Bonchev–Trinajstić information content (AvgIpc) is 1.85. The summed E-state index contributed by atoms with van der Waals surface area (Å²) < 4.78 is 0. The molecular formula is C10H13Li. The summed E-state index contributed by atoms with van der Waals surface area (Å²) in [7, 11) is 0. The van der Waals surface area contributed by atoms with E-state index in [1.807, 2.05) is 0 Å². The summed E-state index contributed by atoms with van der Waals surface area (Å²) in [4.78, 5) is 0. The zero-order valence-corrected chi connectivity index (χ0v) is 7.86. The molecule has 1 heteroatoms. The third-order valence-electron chi connectivity index (χ3n) is 2.19. The molecule has 0 bridgehead atoms. The van der Waals surface area contributed by atoms with Crippen molar-refractivity contribution in [2.75, 3.05) is 0 Å². The third-order valence-corrected chi connectivity index (χ3v) is 2.19.